The summed E-state index contributed by atoms with van der Waals surface area (Å²) in [4.78, 5) is 10.1. The highest BCUT2D eigenvalue weighted by Gasteiger charge is 1.93. The van der Waals surface area contributed by atoms with Crippen LogP contribution in [0.4, 0.5) is 0 Å². The summed E-state index contributed by atoms with van der Waals surface area (Å²) in [6.07, 6.45) is -3.90. The van der Waals surface area contributed by atoms with Gasteiger partial charge in [-0.3, -0.25) is 4.79 Å². The molecule has 0 unspecified atom stereocenters. The molecule has 0 saturated heterocycles. The van der Waals surface area contributed by atoms with Gasteiger partial charge in [-0.15, -0.1) is 0 Å². The Kier molecular flexibility index (Phi) is 2.24. The SMILES string of the molecule is [2H]C([2H])(C)C([2H])([2H])CCCC(=O)O. The van der Waals surface area contributed by atoms with E-state index in [1.807, 2.05) is 0 Å². The van der Waals surface area contributed by atoms with Crippen LogP contribution in [0.1, 0.15) is 44.4 Å². The van der Waals surface area contributed by atoms with Gasteiger partial charge in [-0.1, -0.05) is 26.1 Å². The van der Waals surface area contributed by atoms with Crippen LogP contribution in [-0.4, -0.2) is 11.1 Å². The van der Waals surface area contributed by atoms with Crippen molar-refractivity contribution >= 4 is 5.97 Å². The molecule has 0 saturated carbocycles. The Morgan fingerprint density at radius 3 is 2.78 bits per heavy atom. The number of carboxylic acid groups (broad SMARTS) is 1. The van der Waals surface area contributed by atoms with Crippen LogP contribution in [0.5, 0.6) is 0 Å². The molecule has 0 aliphatic carbocycles. The first kappa shape index (κ1) is 3.59. The lowest BCUT2D eigenvalue weighted by Gasteiger charge is -1.92. The second kappa shape index (κ2) is 5.60. The van der Waals surface area contributed by atoms with E-state index < -0.39 is 18.7 Å². The molecule has 0 amide bonds. The van der Waals surface area contributed by atoms with Crippen LogP contribution in [0.25, 0.3) is 0 Å². The quantitative estimate of drug-likeness (QED) is 0.624. The van der Waals surface area contributed by atoms with Crippen molar-refractivity contribution in [3.05, 3.63) is 0 Å². The zero-order chi connectivity index (χ0) is 10.7. The summed E-state index contributed by atoms with van der Waals surface area (Å²) < 4.78 is 29.0. The van der Waals surface area contributed by atoms with Crippen molar-refractivity contribution in [3.63, 3.8) is 0 Å². The van der Waals surface area contributed by atoms with E-state index in [9.17, 15) is 4.79 Å². The minimum Gasteiger partial charge on any atom is -0.481 e. The molecule has 0 aromatic heterocycles. The van der Waals surface area contributed by atoms with E-state index >= 15 is 0 Å². The fourth-order valence-corrected chi connectivity index (χ4v) is 0.453. The molecule has 0 heterocycles. The van der Waals surface area contributed by atoms with Crippen molar-refractivity contribution in [1.82, 2.24) is 0 Å². The number of hydrogen-bond donors (Lipinski definition) is 1. The average molecular weight is 134 g/mol. The second-order valence-electron chi connectivity index (χ2n) is 1.67. The fraction of sp³-hybridized carbons (Fsp3) is 0.857. The molecule has 0 rings (SSSR count). The first-order chi connectivity index (χ1) is 5.67. The maximum Gasteiger partial charge on any atom is 0.303 e. The molecule has 0 radical (unpaired) electrons. The van der Waals surface area contributed by atoms with E-state index in [0.717, 1.165) is 6.92 Å². The van der Waals surface area contributed by atoms with Gasteiger partial charge in [-0.05, 0) is 6.42 Å². The number of carbonyl (C=O) groups is 1. The molecular weight excluding hydrogens is 116 g/mol. The molecular formula is C7H14O2. The fourth-order valence-electron chi connectivity index (χ4n) is 0.453. The van der Waals surface area contributed by atoms with Crippen molar-refractivity contribution in [1.29, 1.82) is 0 Å². The first-order valence-electron chi connectivity index (χ1n) is 4.88. The van der Waals surface area contributed by atoms with Gasteiger partial charge in [-0.2, -0.15) is 0 Å². The Balaban J connectivity index is 3.97. The molecule has 2 nitrogen and oxygen atoms in total. The molecule has 0 bridgehead atoms. The summed E-state index contributed by atoms with van der Waals surface area (Å²) in [6.45, 7) is 1.16. The molecule has 9 heavy (non-hydrogen) atoms. The molecule has 2 heteroatoms. The molecule has 0 aliphatic heterocycles. The van der Waals surface area contributed by atoms with Crippen LogP contribution in [-0.2, 0) is 4.79 Å². The Bertz CT molecular complexity index is 185. The van der Waals surface area contributed by atoms with Crippen LogP contribution in [0, 0.1) is 0 Å². The van der Waals surface area contributed by atoms with Crippen molar-refractivity contribution in [2.45, 2.75) is 38.9 Å². The van der Waals surface area contributed by atoms with E-state index in [0.29, 0.717) is 0 Å². The van der Waals surface area contributed by atoms with Gasteiger partial charge in [0.15, 0.2) is 0 Å². The normalized spacial score (nSPS) is 19.2. The zero-order valence-electron chi connectivity index (χ0n) is 9.48. The van der Waals surface area contributed by atoms with E-state index in [-0.39, 0.29) is 19.3 Å². The minimum atomic E-state index is -1.96. The van der Waals surface area contributed by atoms with Crippen molar-refractivity contribution < 1.29 is 15.4 Å². The Labute approximate surface area is 61.5 Å². The molecule has 0 aromatic rings. The molecule has 0 spiro atoms. The molecule has 0 aromatic carbocycles. The lowest BCUT2D eigenvalue weighted by atomic mass is 10.2. The number of rotatable bonds is 5. The number of carboxylic acids is 1. The molecule has 0 atom stereocenters. The molecule has 0 aliphatic rings. The third-order valence-corrected chi connectivity index (χ3v) is 0.869. The first-order valence-corrected chi connectivity index (χ1v) is 2.88. The van der Waals surface area contributed by atoms with E-state index in [4.69, 9.17) is 10.6 Å². The van der Waals surface area contributed by atoms with Crippen LogP contribution < -0.4 is 0 Å². The van der Waals surface area contributed by atoms with Crippen LogP contribution in [0.15, 0.2) is 0 Å². The van der Waals surface area contributed by atoms with Crippen molar-refractivity contribution in [2.75, 3.05) is 0 Å². The highest BCUT2D eigenvalue weighted by Crippen LogP contribution is 2.01. The predicted octanol–water partition coefficient (Wildman–Crippen LogP) is 2.04. The summed E-state index contributed by atoms with van der Waals surface area (Å²) in [5.41, 5.74) is 0. The third-order valence-electron chi connectivity index (χ3n) is 0.869. The standard InChI is InChI=1S/C7H14O2/c1-2-3-4-5-6-7(8)9/h2-6H2,1H3,(H,8,9)/i2D2,3D2. The van der Waals surface area contributed by atoms with Gasteiger partial charge in [0.1, 0.15) is 0 Å². The summed E-state index contributed by atoms with van der Waals surface area (Å²) in [5, 5.41) is 8.30. The van der Waals surface area contributed by atoms with Gasteiger partial charge in [0.2, 0.25) is 0 Å². The third kappa shape index (κ3) is 7.47. The van der Waals surface area contributed by atoms with Crippen molar-refractivity contribution in [3.8, 4) is 0 Å². The van der Waals surface area contributed by atoms with Gasteiger partial charge in [0.25, 0.3) is 0 Å². The van der Waals surface area contributed by atoms with Gasteiger partial charge in [0, 0.05) is 11.9 Å². The summed E-state index contributed by atoms with van der Waals surface area (Å²) >= 11 is 0. The smallest absolute Gasteiger partial charge is 0.303 e. The zero-order valence-corrected chi connectivity index (χ0v) is 5.48. The average Bonchev–Trinajstić information content (AvgIpc) is 1.82. The monoisotopic (exact) mass is 134 g/mol. The molecule has 54 valence electrons. The summed E-state index contributed by atoms with van der Waals surface area (Å²) in [7, 11) is 0. The van der Waals surface area contributed by atoms with Crippen LogP contribution >= 0.6 is 0 Å². The lowest BCUT2D eigenvalue weighted by molar-refractivity contribution is -0.137. The van der Waals surface area contributed by atoms with Crippen molar-refractivity contribution in [2.24, 2.45) is 0 Å². The summed E-state index contributed by atoms with van der Waals surface area (Å²) in [5.74, 6) is -0.979. The lowest BCUT2D eigenvalue weighted by Crippen LogP contribution is -1.92. The topological polar surface area (TPSA) is 37.3 Å². The number of hydrogen-bond acceptors (Lipinski definition) is 1. The Hall–Kier alpha value is -0.530. The number of aliphatic carboxylic acids is 1. The van der Waals surface area contributed by atoms with Gasteiger partial charge in [0.05, 0.1) is 0 Å². The van der Waals surface area contributed by atoms with Gasteiger partial charge in [-0.25, -0.2) is 0 Å². The van der Waals surface area contributed by atoms with E-state index in [1.54, 1.807) is 0 Å². The van der Waals surface area contributed by atoms with E-state index in [2.05, 4.69) is 0 Å². The van der Waals surface area contributed by atoms with Crippen LogP contribution in [0.2, 0.25) is 0 Å². The predicted molar refractivity (Wildman–Crippen MR) is 36.4 cm³/mol. The Morgan fingerprint density at radius 1 is 1.67 bits per heavy atom. The molecule has 1 N–H and O–H groups in total. The maximum absolute atomic E-state index is 10.1. The summed E-state index contributed by atoms with van der Waals surface area (Å²) in [6, 6.07) is 0. The van der Waals surface area contributed by atoms with Crippen LogP contribution in [0.3, 0.4) is 0 Å². The maximum atomic E-state index is 10.1. The van der Waals surface area contributed by atoms with E-state index in [1.165, 1.54) is 0 Å². The minimum absolute atomic E-state index is 0.0667. The molecule has 0 fully saturated rings. The Morgan fingerprint density at radius 2 is 2.33 bits per heavy atom. The largest absolute Gasteiger partial charge is 0.481 e. The second-order valence-corrected chi connectivity index (χ2v) is 1.67. The van der Waals surface area contributed by atoms with Gasteiger partial charge >= 0.3 is 5.97 Å². The van der Waals surface area contributed by atoms with Gasteiger partial charge < -0.3 is 5.11 Å². The highest BCUT2D eigenvalue weighted by atomic mass is 16.4. The highest BCUT2D eigenvalue weighted by molar-refractivity contribution is 5.66.